The summed E-state index contributed by atoms with van der Waals surface area (Å²) in [5.41, 5.74) is 1.21. The smallest absolute Gasteiger partial charge is 0.230 e. The summed E-state index contributed by atoms with van der Waals surface area (Å²) in [7, 11) is 0. The second-order valence-corrected chi connectivity index (χ2v) is 8.22. The number of hydrogen-bond donors (Lipinski definition) is 1. The van der Waals surface area contributed by atoms with Gasteiger partial charge in [0.05, 0.1) is 5.75 Å². The lowest BCUT2D eigenvalue weighted by Crippen LogP contribution is -2.34. The van der Waals surface area contributed by atoms with Gasteiger partial charge in [0.1, 0.15) is 10.1 Å². The topological polar surface area (TPSA) is 58.1 Å². The highest BCUT2D eigenvalue weighted by Gasteiger charge is 2.13. The minimum atomic E-state index is 0.0479. The van der Waals surface area contributed by atoms with E-state index >= 15 is 0 Å². The lowest BCUT2D eigenvalue weighted by atomic mass is 10.2. The van der Waals surface area contributed by atoms with Crippen molar-refractivity contribution in [2.24, 2.45) is 0 Å². The highest BCUT2D eigenvalue weighted by molar-refractivity contribution is 8.02. The summed E-state index contributed by atoms with van der Waals surface area (Å²) in [6.07, 6.45) is 5.92. The zero-order chi connectivity index (χ0) is 18.2. The van der Waals surface area contributed by atoms with Gasteiger partial charge in [0.25, 0.3) is 0 Å². The molecule has 1 amide bonds. The Bertz CT molecular complexity index is 735. The van der Waals surface area contributed by atoms with Gasteiger partial charge < -0.3 is 10.2 Å². The molecule has 0 unspecified atom stereocenters. The molecule has 1 N–H and O–H groups in total. The zero-order valence-electron chi connectivity index (χ0n) is 15.0. The number of likely N-dealkylation sites (tertiary alicyclic amines) is 1. The van der Waals surface area contributed by atoms with Crippen LogP contribution in [-0.2, 0) is 4.79 Å². The van der Waals surface area contributed by atoms with E-state index in [1.807, 2.05) is 12.1 Å². The first-order valence-corrected chi connectivity index (χ1v) is 10.7. The van der Waals surface area contributed by atoms with E-state index in [0.717, 1.165) is 34.6 Å². The van der Waals surface area contributed by atoms with Crippen molar-refractivity contribution < 1.29 is 4.79 Å². The number of carbonyl (C=O) groups is 1. The van der Waals surface area contributed by atoms with E-state index in [-0.39, 0.29) is 5.91 Å². The fraction of sp³-hybridized carbons (Fsp3) is 0.421. The van der Waals surface area contributed by atoms with Gasteiger partial charge in [-0.1, -0.05) is 41.7 Å². The van der Waals surface area contributed by atoms with Crippen molar-refractivity contribution in [3.8, 4) is 0 Å². The molecule has 26 heavy (non-hydrogen) atoms. The maximum Gasteiger partial charge on any atom is 0.230 e. The molecule has 3 rings (SSSR count). The largest absolute Gasteiger partial charge is 0.354 e. The highest BCUT2D eigenvalue weighted by Crippen LogP contribution is 2.33. The average molecular weight is 389 g/mol. The summed E-state index contributed by atoms with van der Waals surface area (Å²) in [5, 5.41) is 4.65. The lowest BCUT2D eigenvalue weighted by molar-refractivity contribution is -0.118. The summed E-state index contributed by atoms with van der Waals surface area (Å²) in [4.78, 5) is 24.5. The standard InChI is InChI=1S/C19H24N4OS2/c1-15-6-2-3-7-16(15)26-19-18(21-8-9-22-19)25-14-17(24)20-10-13-23-11-4-5-12-23/h2-3,6-9H,4-5,10-14H2,1H3,(H,20,24). The van der Waals surface area contributed by atoms with E-state index in [2.05, 4.69) is 39.2 Å². The number of carbonyl (C=O) groups excluding carboxylic acids is 1. The van der Waals surface area contributed by atoms with Gasteiger partial charge >= 0.3 is 0 Å². The molecule has 1 aliphatic heterocycles. The fourth-order valence-corrected chi connectivity index (χ4v) is 4.62. The molecule has 138 valence electrons. The van der Waals surface area contributed by atoms with Crippen molar-refractivity contribution in [3.05, 3.63) is 42.2 Å². The predicted molar refractivity (Wildman–Crippen MR) is 107 cm³/mol. The van der Waals surface area contributed by atoms with Crippen LogP contribution in [0.25, 0.3) is 0 Å². The average Bonchev–Trinajstić information content (AvgIpc) is 3.16. The van der Waals surface area contributed by atoms with Crippen molar-refractivity contribution in [2.75, 3.05) is 31.9 Å². The third kappa shape index (κ3) is 5.72. The van der Waals surface area contributed by atoms with E-state index in [9.17, 15) is 4.79 Å². The van der Waals surface area contributed by atoms with Crippen LogP contribution in [0.3, 0.4) is 0 Å². The lowest BCUT2D eigenvalue weighted by Gasteiger charge is -2.14. The zero-order valence-corrected chi connectivity index (χ0v) is 16.6. The summed E-state index contributed by atoms with van der Waals surface area (Å²) >= 11 is 3.04. The second kappa shape index (κ2) is 9.94. The molecule has 0 saturated carbocycles. The normalized spacial score (nSPS) is 14.5. The molecule has 2 aromatic rings. The van der Waals surface area contributed by atoms with Gasteiger partial charge in [-0.25, -0.2) is 9.97 Å². The molecule has 0 atom stereocenters. The first-order valence-electron chi connectivity index (χ1n) is 8.89. The van der Waals surface area contributed by atoms with Crippen molar-refractivity contribution in [1.29, 1.82) is 0 Å². The van der Waals surface area contributed by atoms with Crippen LogP contribution in [-0.4, -0.2) is 52.7 Å². The van der Waals surface area contributed by atoms with Crippen molar-refractivity contribution in [1.82, 2.24) is 20.2 Å². The van der Waals surface area contributed by atoms with E-state index in [1.165, 1.54) is 30.2 Å². The van der Waals surface area contributed by atoms with Gasteiger partial charge in [-0.15, -0.1) is 0 Å². The van der Waals surface area contributed by atoms with Gasteiger partial charge in [-0.3, -0.25) is 4.79 Å². The van der Waals surface area contributed by atoms with Crippen LogP contribution < -0.4 is 5.32 Å². The van der Waals surface area contributed by atoms with Crippen LogP contribution in [0.2, 0.25) is 0 Å². The van der Waals surface area contributed by atoms with Crippen molar-refractivity contribution >= 4 is 29.4 Å². The van der Waals surface area contributed by atoms with Gasteiger partial charge in [0, 0.05) is 30.4 Å². The number of benzene rings is 1. The Morgan fingerprint density at radius 2 is 1.88 bits per heavy atom. The molecule has 1 aromatic heterocycles. The number of nitrogens with zero attached hydrogens (tertiary/aromatic N) is 3. The number of aryl methyl sites for hydroxylation is 1. The van der Waals surface area contributed by atoms with Crippen molar-refractivity contribution in [3.63, 3.8) is 0 Å². The van der Waals surface area contributed by atoms with E-state index in [4.69, 9.17) is 0 Å². The molecule has 1 saturated heterocycles. The Balaban J connectivity index is 1.50. The number of rotatable bonds is 8. The maximum absolute atomic E-state index is 12.1. The predicted octanol–water partition coefficient (Wildman–Crippen LogP) is 3.24. The van der Waals surface area contributed by atoms with Crippen LogP contribution in [0, 0.1) is 6.92 Å². The third-order valence-electron chi connectivity index (χ3n) is 4.22. The number of thioether (sulfide) groups is 1. The summed E-state index contributed by atoms with van der Waals surface area (Å²) in [5.74, 6) is 0.409. The Hall–Kier alpha value is -1.57. The molecule has 0 radical (unpaired) electrons. The third-order valence-corrected chi connectivity index (χ3v) is 6.50. The summed E-state index contributed by atoms with van der Waals surface area (Å²) < 4.78 is 0. The van der Waals surface area contributed by atoms with E-state index < -0.39 is 0 Å². The molecule has 1 fully saturated rings. The molecule has 1 aliphatic rings. The number of aromatic nitrogens is 2. The molecular formula is C19H24N4OS2. The Labute approximate surface area is 163 Å². The molecule has 0 aliphatic carbocycles. The maximum atomic E-state index is 12.1. The first kappa shape index (κ1) is 19.2. The number of amides is 1. The molecule has 0 spiro atoms. The van der Waals surface area contributed by atoms with Gasteiger partial charge in [0.15, 0.2) is 0 Å². The number of hydrogen-bond acceptors (Lipinski definition) is 6. The van der Waals surface area contributed by atoms with Crippen LogP contribution in [0.4, 0.5) is 0 Å². The SMILES string of the molecule is Cc1ccccc1Sc1nccnc1SCC(=O)NCCN1CCCC1. The van der Waals surface area contributed by atoms with Crippen LogP contribution in [0.15, 0.2) is 51.6 Å². The Morgan fingerprint density at radius 3 is 2.65 bits per heavy atom. The van der Waals surface area contributed by atoms with Crippen LogP contribution in [0.1, 0.15) is 18.4 Å². The molecule has 7 heteroatoms. The monoisotopic (exact) mass is 388 g/mol. The van der Waals surface area contributed by atoms with Crippen molar-refractivity contribution in [2.45, 2.75) is 34.7 Å². The Morgan fingerprint density at radius 1 is 1.15 bits per heavy atom. The fourth-order valence-electron chi connectivity index (χ4n) is 2.80. The van der Waals surface area contributed by atoms with Gasteiger partial charge in [-0.2, -0.15) is 0 Å². The summed E-state index contributed by atoms with van der Waals surface area (Å²) in [6, 6.07) is 8.21. The minimum Gasteiger partial charge on any atom is -0.354 e. The molecule has 1 aromatic carbocycles. The van der Waals surface area contributed by atoms with Gasteiger partial charge in [-0.05, 0) is 44.5 Å². The number of nitrogens with one attached hydrogen (secondary N) is 1. The molecule has 0 bridgehead atoms. The minimum absolute atomic E-state index is 0.0479. The second-order valence-electron chi connectivity index (χ2n) is 6.22. The quantitative estimate of drug-likeness (QED) is 0.701. The molecule has 2 heterocycles. The van der Waals surface area contributed by atoms with Gasteiger partial charge in [0.2, 0.25) is 5.91 Å². The van der Waals surface area contributed by atoms with E-state index in [1.54, 1.807) is 24.2 Å². The first-order chi connectivity index (χ1) is 12.7. The van der Waals surface area contributed by atoms with Crippen LogP contribution >= 0.6 is 23.5 Å². The van der Waals surface area contributed by atoms with E-state index in [0.29, 0.717) is 12.3 Å². The highest BCUT2D eigenvalue weighted by atomic mass is 32.2. The Kier molecular flexibility index (Phi) is 7.34. The molecule has 5 nitrogen and oxygen atoms in total. The summed E-state index contributed by atoms with van der Waals surface area (Å²) in [6.45, 7) is 6.05. The van der Waals surface area contributed by atoms with Crippen LogP contribution in [0.5, 0.6) is 0 Å². The molecular weight excluding hydrogens is 364 g/mol.